The Labute approximate surface area is 171 Å². The summed E-state index contributed by atoms with van der Waals surface area (Å²) in [7, 11) is 1.31. The molecule has 2 aromatic heterocycles. The van der Waals surface area contributed by atoms with Crippen LogP contribution in [0.25, 0.3) is 16.9 Å². The van der Waals surface area contributed by atoms with Crippen LogP contribution >= 0.6 is 0 Å². The molecule has 1 amide bonds. The second-order valence-electron chi connectivity index (χ2n) is 7.24. The number of phenols is 1. The summed E-state index contributed by atoms with van der Waals surface area (Å²) in [5.41, 5.74) is 1.85. The van der Waals surface area contributed by atoms with Crippen molar-refractivity contribution in [1.82, 2.24) is 14.3 Å². The van der Waals surface area contributed by atoms with E-state index in [4.69, 9.17) is 9.47 Å². The number of fused-ring (bicyclic) bond motifs is 1. The van der Waals surface area contributed by atoms with E-state index in [1.807, 2.05) is 19.1 Å². The lowest BCUT2D eigenvalue weighted by atomic mass is 10.0. The van der Waals surface area contributed by atoms with Crippen molar-refractivity contribution in [3.8, 4) is 17.0 Å². The standard InChI is InChI=1S/C21H21F2N3O4/c1-12-3-4-26-17(10-14-11-25(5-6-30-14)21(28)29-2)20(24-18(26)7-12)19-15(22)8-13(27)9-16(19)23/h3-4,7-9,14,27H,5-6,10-11H2,1-2H3. The number of aromatic hydroxyl groups is 1. The monoisotopic (exact) mass is 417 g/mol. The summed E-state index contributed by atoms with van der Waals surface area (Å²) in [6.45, 7) is 2.91. The molecule has 1 N–H and O–H groups in total. The zero-order valence-electron chi connectivity index (χ0n) is 16.6. The molecule has 3 heterocycles. The lowest BCUT2D eigenvalue weighted by Gasteiger charge is -2.32. The predicted molar refractivity (Wildman–Crippen MR) is 104 cm³/mol. The molecule has 0 saturated carbocycles. The van der Waals surface area contributed by atoms with Crippen LogP contribution in [0, 0.1) is 18.6 Å². The number of morpholine rings is 1. The quantitative estimate of drug-likeness (QED) is 0.708. The number of methoxy groups -OCH3 is 1. The Balaban J connectivity index is 1.79. The number of aryl methyl sites for hydroxylation is 1. The predicted octanol–water partition coefficient (Wildman–Crippen LogP) is 3.30. The van der Waals surface area contributed by atoms with E-state index in [9.17, 15) is 18.7 Å². The van der Waals surface area contributed by atoms with Gasteiger partial charge in [-0.15, -0.1) is 0 Å². The summed E-state index contributed by atoms with van der Waals surface area (Å²) in [4.78, 5) is 17.9. The van der Waals surface area contributed by atoms with E-state index < -0.39 is 29.6 Å². The van der Waals surface area contributed by atoms with E-state index in [-0.39, 0.29) is 24.2 Å². The third-order valence-electron chi connectivity index (χ3n) is 5.14. The van der Waals surface area contributed by atoms with Crippen molar-refractivity contribution < 1.29 is 28.2 Å². The molecule has 158 valence electrons. The number of aromatic nitrogens is 2. The highest BCUT2D eigenvalue weighted by atomic mass is 19.1. The number of rotatable bonds is 3. The summed E-state index contributed by atoms with van der Waals surface area (Å²) in [6, 6.07) is 5.39. The Morgan fingerprint density at radius 1 is 1.33 bits per heavy atom. The van der Waals surface area contributed by atoms with Gasteiger partial charge in [-0.2, -0.15) is 0 Å². The van der Waals surface area contributed by atoms with Crippen LogP contribution in [0.2, 0.25) is 0 Å². The van der Waals surface area contributed by atoms with Gasteiger partial charge in [-0.3, -0.25) is 0 Å². The topological polar surface area (TPSA) is 76.3 Å². The summed E-state index contributed by atoms with van der Waals surface area (Å²) < 4.78 is 41.6. The van der Waals surface area contributed by atoms with Crippen molar-refractivity contribution in [2.75, 3.05) is 26.8 Å². The highest BCUT2D eigenvalue weighted by Gasteiger charge is 2.29. The molecule has 1 unspecified atom stereocenters. The van der Waals surface area contributed by atoms with E-state index >= 15 is 0 Å². The molecule has 0 bridgehead atoms. The van der Waals surface area contributed by atoms with Crippen molar-refractivity contribution in [2.24, 2.45) is 0 Å². The number of phenolic OH excluding ortho intramolecular Hbond substituents is 1. The first kappa shape index (κ1) is 20.1. The molecule has 1 atom stereocenters. The fourth-order valence-electron chi connectivity index (χ4n) is 3.73. The molecule has 1 fully saturated rings. The Bertz CT molecular complexity index is 1090. The third-order valence-corrected chi connectivity index (χ3v) is 5.14. The maximum Gasteiger partial charge on any atom is 0.409 e. The van der Waals surface area contributed by atoms with E-state index in [1.54, 1.807) is 10.6 Å². The number of ether oxygens (including phenoxy) is 2. The minimum Gasteiger partial charge on any atom is -0.508 e. The van der Waals surface area contributed by atoms with Crippen LogP contribution in [0.3, 0.4) is 0 Å². The molecule has 1 aliphatic heterocycles. The first-order chi connectivity index (χ1) is 14.4. The lowest BCUT2D eigenvalue weighted by Crippen LogP contribution is -2.46. The molecule has 4 rings (SSSR count). The second kappa shape index (κ2) is 7.91. The van der Waals surface area contributed by atoms with E-state index in [0.29, 0.717) is 24.5 Å². The first-order valence-corrected chi connectivity index (χ1v) is 9.48. The highest BCUT2D eigenvalue weighted by molar-refractivity contribution is 5.69. The molecule has 9 heteroatoms. The number of amides is 1. The van der Waals surface area contributed by atoms with Crippen molar-refractivity contribution >= 4 is 11.7 Å². The molecular formula is C21H21F2N3O4. The van der Waals surface area contributed by atoms with Gasteiger partial charge >= 0.3 is 6.09 Å². The van der Waals surface area contributed by atoms with Crippen LogP contribution in [-0.2, 0) is 15.9 Å². The normalized spacial score (nSPS) is 16.8. The zero-order chi connectivity index (χ0) is 21.4. The number of nitrogens with zero attached hydrogens (tertiary/aromatic N) is 3. The molecule has 1 aliphatic rings. The number of pyridine rings is 1. The number of hydrogen-bond acceptors (Lipinski definition) is 5. The Morgan fingerprint density at radius 2 is 2.07 bits per heavy atom. The SMILES string of the molecule is COC(=O)N1CCOC(Cc2c(-c3c(F)cc(O)cc3F)nc3cc(C)ccn23)C1. The smallest absolute Gasteiger partial charge is 0.409 e. The van der Waals surface area contributed by atoms with Crippen molar-refractivity contribution in [3.05, 3.63) is 53.4 Å². The van der Waals surface area contributed by atoms with Gasteiger partial charge in [0.2, 0.25) is 0 Å². The van der Waals surface area contributed by atoms with Crippen LogP contribution in [0.4, 0.5) is 13.6 Å². The number of benzene rings is 1. The van der Waals surface area contributed by atoms with Crippen LogP contribution in [0.15, 0.2) is 30.5 Å². The van der Waals surface area contributed by atoms with Gasteiger partial charge in [0, 0.05) is 31.3 Å². The number of halogens is 2. The number of carbonyl (C=O) groups excluding carboxylic acids is 1. The van der Waals surface area contributed by atoms with E-state index in [2.05, 4.69) is 4.98 Å². The number of hydrogen-bond donors (Lipinski definition) is 1. The van der Waals surface area contributed by atoms with Crippen LogP contribution in [0.5, 0.6) is 5.75 Å². The van der Waals surface area contributed by atoms with Gasteiger partial charge in [-0.25, -0.2) is 18.6 Å². The van der Waals surface area contributed by atoms with E-state index in [0.717, 1.165) is 17.7 Å². The van der Waals surface area contributed by atoms with Gasteiger partial charge in [0.25, 0.3) is 0 Å². The number of imidazole rings is 1. The molecule has 3 aromatic rings. The minimum atomic E-state index is -0.908. The third kappa shape index (κ3) is 3.68. The molecule has 0 spiro atoms. The second-order valence-corrected chi connectivity index (χ2v) is 7.24. The molecule has 7 nitrogen and oxygen atoms in total. The van der Waals surface area contributed by atoms with Crippen LogP contribution in [-0.4, -0.2) is 58.4 Å². The fourth-order valence-corrected chi connectivity index (χ4v) is 3.73. The summed E-state index contributed by atoms with van der Waals surface area (Å²) in [5, 5.41) is 9.50. The van der Waals surface area contributed by atoms with Crippen molar-refractivity contribution in [1.29, 1.82) is 0 Å². The molecule has 0 radical (unpaired) electrons. The summed E-state index contributed by atoms with van der Waals surface area (Å²) in [5.74, 6) is -2.32. The largest absolute Gasteiger partial charge is 0.508 e. The zero-order valence-corrected chi connectivity index (χ0v) is 16.6. The van der Waals surface area contributed by atoms with Crippen molar-refractivity contribution in [2.45, 2.75) is 19.4 Å². The van der Waals surface area contributed by atoms with Crippen molar-refractivity contribution in [3.63, 3.8) is 0 Å². The number of carbonyl (C=O) groups is 1. The van der Waals surface area contributed by atoms with Gasteiger partial charge in [-0.1, -0.05) is 0 Å². The minimum absolute atomic E-state index is 0.134. The van der Waals surface area contributed by atoms with Gasteiger partial charge in [0.1, 0.15) is 23.0 Å². The lowest BCUT2D eigenvalue weighted by molar-refractivity contribution is -0.0241. The molecular weight excluding hydrogens is 396 g/mol. The summed E-state index contributed by atoms with van der Waals surface area (Å²) in [6.07, 6.45) is 1.20. The maximum absolute atomic E-state index is 14.6. The van der Waals surface area contributed by atoms with Gasteiger partial charge in [0.15, 0.2) is 0 Å². The average Bonchev–Trinajstić information content (AvgIpc) is 3.03. The van der Waals surface area contributed by atoms with Gasteiger partial charge in [-0.05, 0) is 24.6 Å². The fraction of sp³-hybridized carbons (Fsp3) is 0.333. The van der Waals surface area contributed by atoms with Crippen LogP contribution in [0.1, 0.15) is 11.3 Å². The van der Waals surface area contributed by atoms with E-state index in [1.165, 1.54) is 12.0 Å². The Kier molecular flexibility index (Phi) is 5.29. The molecule has 0 aliphatic carbocycles. The van der Waals surface area contributed by atoms with Gasteiger partial charge in [0.05, 0.1) is 43.3 Å². The average molecular weight is 417 g/mol. The highest BCUT2D eigenvalue weighted by Crippen LogP contribution is 2.33. The molecule has 30 heavy (non-hydrogen) atoms. The summed E-state index contributed by atoms with van der Waals surface area (Å²) >= 11 is 0. The molecule has 1 aromatic carbocycles. The maximum atomic E-state index is 14.6. The van der Waals surface area contributed by atoms with Crippen LogP contribution < -0.4 is 0 Å². The Hall–Kier alpha value is -3.20. The first-order valence-electron chi connectivity index (χ1n) is 9.48. The molecule has 1 saturated heterocycles. The Morgan fingerprint density at radius 3 is 2.77 bits per heavy atom. The van der Waals surface area contributed by atoms with Gasteiger partial charge < -0.3 is 23.9 Å².